The van der Waals surface area contributed by atoms with E-state index >= 15 is 0 Å². The van der Waals surface area contributed by atoms with Crippen molar-refractivity contribution < 1.29 is 47.5 Å². The van der Waals surface area contributed by atoms with Crippen LogP contribution in [0.15, 0.2) is 36.4 Å². The Balaban J connectivity index is 1.59. The van der Waals surface area contributed by atoms with Crippen LogP contribution in [0.5, 0.6) is 34.5 Å². The van der Waals surface area contributed by atoms with Gasteiger partial charge in [0.25, 0.3) is 0 Å². The summed E-state index contributed by atoms with van der Waals surface area (Å²) >= 11 is 6.25. The number of benzene rings is 2. The van der Waals surface area contributed by atoms with E-state index < -0.39 is 0 Å². The van der Waals surface area contributed by atoms with Crippen LogP contribution in [0.2, 0.25) is 0 Å². The lowest BCUT2D eigenvalue weighted by Crippen LogP contribution is -2.07. The number of hydrogen-bond donors (Lipinski definition) is 0. The molecule has 0 atom stereocenters. The van der Waals surface area contributed by atoms with Crippen LogP contribution in [0.4, 0.5) is 0 Å². The van der Waals surface area contributed by atoms with Crippen molar-refractivity contribution in [2.45, 2.75) is 80.8 Å². The first kappa shape index (κ1) is 42.8. The third kappa shape index (κ3) is 8.25. The van der Waals surface area contributed by atoms with Crippen molar-refractivity contribution >= 4 is 66.7 Å². The minimum absolute atomic E-state index is 0.0696. The number of carbonyl (C=O) groups excluding carboxylic acids is 2. The Bertz CT molecular complexity index is 2290. The summed E-state index contributed by atoms with van der Waals surface area (Å²) in [6, 6.07) is 11.5. The summed E-state index contributed by atoms with van der Waals surface area (Å²) in [5, 5.41) is 0. The Morgan fingerprint density at radius 1 is 0.517 bits per heavy atom. The van der Waals surface area contributed by atoms with Crippen LogP contribution in [0.25, 0.3) is 49.8 Å². The van der Waals surface area contributed by atoms with E-state index in [1.54, 1.807) is 73.8 Å². The second kappa shape index (κ2) is 18.0. The Morgan fingerprint density at radius 2 is 0.879 bits per heavy atom. The molecule has 0 bridgehead atoms. The minimum Gasteiger partial charge on any atom is -0.496 e. The molecule has 0 N–H and O–H groups in total. The number of rotatable bonds is 16. The number of carbonyl (C=O) groups is 2. The molecule has 0 spiro atoms. The van der Waals surface area contributed by atoms with E-state index in [4.69, 9.17) is 37.9 Å². The molecule has 4 aromatic heterocycles. The molecular formula is C44H48O10S4. The highest BCUT2D eigenvalue weighted by Gasteiger charge is 2.32. The summed E-state index contributed by atoms with van der Waals surface area (Å²) in [5.74, 6) is 3.33. The van der Waals surface area contributed by atoms with Gasteiger partial charge in [-0.25, -0.2) is 0 Å². The monoisotopic (exact) mass is 864 g/mol. The number of thiophene rings is 4. The molecule has 0 fully saturated rings. The zero-order valence-corrected chi connectivity index (χ0v) is 38.0. The predicted octanol–water partition coefficient (Wildman–Crippen LogP) is 12.1. The van der Waals surface area contributed by atoms with Crippen LogP contribution in [-0.4, -0.2) is 52.6 Å². The molecule has 0 radical (unpaired) electrons. The molecule has 0 saturated heterocycles. The van der Waals surface area contributed by atoms with Crippen LogP contribution in [0, 0.1) is 13.8 Å². The lowest BCUT2D eigenvalue weighted by Gasteiger charge is -2.17. The van der Waals surface area contributed by atoms with Crippen molar-refractivity contribution in [3.8, 4) is 74.9 Å². The van der Waals surface area contributed by atoms with Crippen molar-refractivity contribution in [3.63, 3.8) is 0 Å². The van der Waals surface area contributed by atoms with Gasteiger partial charge in [0.15, 0.2) is 11.5 Å². The smallest absolute Gasteiger partial charge is 0.302 e. The zero-order chi connectivity index (χ0) is 42.0. The van der Waals surface area contributed by atoms with E-state index in [1.165, 1.54) is 13.8 Å². The lowest BCUT2D eigenvalue weighted by molar-refractivity contribution is -0.143. The fourth-order valence-corrected chi connectivity index (χ4v) is 12.5. The molecular weight excluding hydrogens is 817 g/mol. The normalized spacial score (nSPS) is 11.3. The molecule has 308 valence electrons. The van der Waals surface area contributed by atoms with Gasteiger partial charge in [-0.2, -0.15) is 0 Å². The maximum atomic E-state index is 12.2. The van der Waals surface area contributed by atoms with Gasteiger partial charge in [0.05, 0.1) is 80.7 Å². The van der Waals surface area contributed by atoms with Crippen molar-refractivity contribution in [1.29, 1.82) is 0 Å². The van der Waals surface area contributed by atoms with Gasteiger partial charge in [-0.1, -0.05) is 12.1 Å². The van der Waals surface area contributed by atoms with Gasteiger partial charge in [0, 0.05) is 34.7 Å². The average Bonchev–Trinajstić information content (AvgIpc) is 3.90. The van der Waals surface area contributed by atoms with Gasteiger partial charge < -0.3 is 37.9 Å². The molecule has 4 heterocycles. The first-order valence-corrected chi connectivity index (χ1v) is 21.9. The van der Waals surface area contributed by atoms with Crippen LogP contribution < -0.4 is 28.4 Å². The topological polar surface area (TPSA) is 108 Å². The molecule has 6 rings (SSSR count). The van der Waals surface area contributed by atoms with Crippen molar-refractivity contribution in [3.05, 3.63) is 58.7 Å². The second-order valence-electron chi connectivity index (χ2n) is 13.9. The first-order valence-electron chi connectivity index (χ1n) is 18.6. The highest BCUT2D eigenvalue weighted by molar-refractivity contribution is 7.35. The van der Waals surface area contributed by atoms with Crippen LogP contribution in [-0.2, 0) is 32.3 Å². The molecule has 0 aliphatic heterocycles. The van der Waals surface area contributed by atoms with Crippen LogP contribution in [0.1, 0.15) is 63.8 Å². The molecule has 14 heteroatoms. The average molecular weight is 865 g/mol. The number of esters is 2. The van der Waals surface area contributed by atoms with Crippen LogP contribution in [0.3, 0.4) is 0 Å². The van der Waals surface area contributed by atoms with Crippen LogP contribution >= 0.6 is 45.3 Å². The zero-order valence-electron chi connectivity index (χ0n) is 34.7. The SMILES string of the molecule is COc1cccc(OC(C)C)c1-c1sc(-c2sc3c(OC)c(-c4sc(-c5c(OC)cccc5OC(C)C)c(C)c4COC(C)=O)sc3c2OC)c(COC(C)=O)c1C. The van der Waals surface area contributed by atoms with Gasteiger partial charge in [-0.3, -0.25) is 9.59 Å². The van der Waals surface area contributed by atoms with Gasteiger partial charge in [-0.15, -0.1) is 45.3 Å². The Hall–Kier alpha value is -4.76. The summed E-state index contributed by atoms with van der Waals surface area (Å²) in [6.45, 7) is 15.0. The van der Waals surface area contributed by atoms with E-state index in [0.29, 0.717) is 34.5 Å². The number of methoxy groups -OCH3 is 4. The number of hydrogen-bond acceptors (Lipinski definition) is 14. The Kier molecular flexibility index (Phi) is 13.3. The fourth-order valence-electron chi connectivity index (χ4n) is 6.71. The Labute approximate surface area is 355 Å². The summed E-state index contributed by atoms with van der Waals surface area (Å²) in [5.41, 5.74) is 5.27. The third-order valence-corrected chi connectivity index (χ3v) is 14.7. The summed E-state index contributed by atoms with van der Waals surface area (Å²) in [7, 11) is 6.62. The maximum absolute atomic E-state index is 12.2. The molecule has 0 saturated carbocycles. The maximum Gasteiger partial charge on any atom is 0.302 e. The standard InChI is InChI=1S/C44H48O10S4/c1-21(2)53-31-17-13-15-29(47-9)33(31)37-23(5)27(19-51-25(7)45)39(55-37)41-35(49-11)43-44(57-41)36(50-12)42(58-43)40-28(20-52-26(8)46)24(6)38(56-40)34-30(48-10)16-14-18-32(34)54-22(3)4/h13-18,21-22H,19-20H2,1-12H3. The van der Waals surface area contributed by atoms with E-state index in [2.05, 4.69) is 0 Å². The second-order valence-corrected chi connectivity index (χ2v) is 18.0. The summed E-state index contributed by atoms with van der Waals surface area (Å²) < 4.78 is 50.0. The molecule has 10 nitrogen and oxygen atoms in total. The summed E-state index contributed by atoms with van der Waals surface area (Å²) in [4.78, 5) is 29.8. The van der Waals surface area contributed by atoms with Crippen molar-refractivity contribution in [1.82, 2.24) is 0 Å². The predicted molar refractivity (Wildman–Crippen MR) is 235 cm³/mol. The molecule has 0 aliphatic carbocycles. The number of ether oxygens (including phenoxy) is 8. The molecule has 58 heavy (non-hydrogen) atoms. The third-order valence-electron chi connectivity index (χ3n) is 9.24. The molecule has 0 amide bonds. The minimum atomic E-state index is -0.379. The highest BCUT2D eigenvalue weighted by Crippen LogP contribution is 2.61. The first-order chi connectivity index (χ1) is 27.7. The molecule has 0 aliphatic rings. The largest absolute Gasteiger partial charge is 0.496 e. The van der Waals surface area contributed by atoms with E-state index in [9.17, 15) is 9.59 Å². The summed E-state index contributed by atoms with van der Waals surface area (Å²) in [6.07, 6.45) is -0.139. The molecule has 2 aromatic carbocycles. The Morgan fingerprint density at radius 3 is 1.19 bits per heavy atom. The van der Waals surface area contributed by atoms with Gasteiger partial charge in [0.1, 0.15) is 36.2 Å². The van der Waals surface area contributed by atoms with Gasteiger partial charge in [0.2, 0.25) is 0 Å². The van der Waals surface area contributed by atoms with Gasteiger partial charge in [-0.05, 0) is 76.9 Å². The van der Waals surface area contributed by atoms with Gasteiger partial charge >= 0.3 is 11.9 Å². The van der Waals surface area contributed by atoms with Crippen molar-refractivity contribution in [2.75, 3.05) is 28.4 Å². The van der Waals surface area contributed by atoms with E-state index in [1.807, 2.05) is 77.9 Å². The highest BCUT2D eigenvalue weighted by atomic mass is 32.1. The lowest BCUT2D eigenvalue weighted by atomic mass is 10.0. The molecule has 0 unspecified atom stereocenters. The van der Waals surface area contributed by atoms with E-state index in [-0.39, 0.29) is 37.4 Å². The quantitative estimate of drug-likeness (QED) is 0.0873. The molecule has 6 aromatic rings. The van der Waals surface area contributed by atoms with E-state index in [0.717, 1.165) is 72.0 Å². The number of fused-ring (bicyclic) bond motifs is 1. The fraction of sp³-hybridized carbons (Fsp3) is 0.364. The van der Waals surface area contributed by atoms with Crippen molar-refractivity contribution in [2.24, 2.45) is 0 Å².